The molecular weight excluding hydrogens is 294 g/mol. The summed E-state index contributed by atoms with van der Waals surface area (Å²) in [6.07, 6.45) is 7.70. The van der Waals surface area contributed by atoms with Crippen molar-refractivity contribution in [2.45, 2.75) is 43.8 Å². The van der Waals surface area contributed by atoms with Gasteiger partial charge in [0.1, 0.15) is 5.69 Å². The first kappa shape index (κ1) is 14.2. The molecule has 2 aromatic heterocycles. The minimum Gasteiger partial charge on any atom is -0.331 e. The Kier molecular flexibility index (Phi) is 3.28. The molecule has 0 radical (unpaired) electrons. The van der Waals surface area contributed by atoms with Crippen LogP contribution in [0.25, 0.3) is 0 Å². The monoisotopic (exact) mass is 313 g/mol. The fourth-order valence-electron chi connectivity index (χ4n) is 3.94. The third kappa shape index (κ3) is 2.36. The SMILES string of the molecule is Cn1nc(C(=O)N2C3CCC2CC(n2cccn2)C3)ccc1=O. The molecule has 4 heterocycles. The van der Waals surface area contributed by atoms with Crippen molar-refractivity contribution in [3.63, 3.8) is 0 Å². The number of piperidine rings is 1. The molecule has 2 aliphatic heterocycles. The van der Waals surface area contributed by atoms with Crippen LogP contribution in [0, 0.1) is 0 Å². The van der Waals surface area contributed by atoms with E-state index in [0.29, 0.717) is 11.7 Å². The lowest BCUT2D eigenvalue weighted by molar-refractivity contribution is 0.0515. The standard InChI is InChI=1S/C16H19N5O2/c1-19-15(22)6-5-14(18-19)16(23)21-11-3-4-12(21)10-13(9-11)20-8-2-7-17-20/h2,5-8,11-13H,3-4,9-10H2,1H3. The van der Waals surface area contributed by atoms with E-state index in [9.17, 15) is 9.59 Å². The van der Waals surface area contributed by atoms with Crippen LogP contribution in [0.3, 0.4) is 0 Å². The van der Waals surface area contributed by atoms with E-state index in [4.69, 9.17) is 0 Å². The first-order chi connectivity index (χ1) is 11.1. The normalized spacial score (nSPS) is 26.5. The van der Waals surface area contributed by atoms with E-state index in [1.807, 2.05) is 21.8 Å². The minimum atomic E-state index is -0.207. The van der Waals surface area contributed by atoms with Crippen LogP contribution in [0.4, 0.5) is 0 Å². The number of amides is 1. The zero-order valence-electron chi connectivity index (χ0n) is 13.0. The summed E-state index contributed by atoms with van der Waals surface area (Å²) in [7, 11) is 1.57. The van der Waals surface area contributed by atoms with Crippen LogP contribution in [0.5, 0.6) is 0 Å². The van der Waals surface area contributed by atoms with Gasteiger partial charge in [-0.25, -0.2) is 4.68 Å². The van der Waals surface area contributed by atoms with E-state index in [2.05, 4.69) is 10.2 Å². The average Bonchev–Trinajstić information content (AvgIpc) is 3.16. The van der Waals surface area contributed by atoms with Crippen LogP contribution < -0.4 is 5.56 Å². The molecule has 0 aromatic carbocycles. The van der Waals surface area contributed by atoms with E-state index >= 15 is 0 Å². The van der Waals surface area contributed by atoms with Crippen LogP contribution in [0.15, 0.2) is 35.4 Å². The summed E-state index contributed by atoms with van der Waals surface area (Å²) in [6, 6.07) is 5.69. The largest absolute Gasteiger partial charge is 0.331 e. The van der Waals surface area contributed by atoms with Gasteiger partial charge in [-0.1, -0.05) is 0 Å². The molecular formula is C16H19N5O2. The summed E-state index contributed by atoms with van der Waals surface area (Å²) in [5.74, 6) is -0.0629. The van der Waals surface area contributed by atoms with Gasteiger partial charge in [-0.2, -0.15) is 10.2 Å². The highest BCUT2D eigenvalue weighted by atomic mass is 16.2. The highest BCUT2D eigenvalue weighted by Gasteiger charge is 2.44. The van der Waals surface area contributed by atoms with Crippen molar-refractivity contribution in [1.29, 1.82) is 0 Å². The van der Waals surface area contributed by atoms with E-state index < -0.39 is 0 Å². The van der Waals surface area contributed by atoms with Crippen molar-refractivity contribution >= 4 is 5.91 Å². The Hall–Kier alpha value is -2.44. The molecule has 7 nitrogen and oxygen atoms in total. The molecule has 7 heteroatoms. The molecule has 2 atom stereocenters. The van der Waals surface area contributed by atoms with Crippen LogP contribution in [0.2, 0.25) is 0 Å². The maximum Gasteiger partial charge on any atom is 0.274 e. The lowest BCUT2D eigenvalue weighted by Gasteiger charge is -2.38. The van der Waals surface area contributed by atoms with Gasteiger partial charge >= 0.3 is 0 Å². The molecule has 2 unspecified atom stereocenters. The highest BCUT2D eigenvalue weighted by Crippen LogP contribution is 2.41. The molecule has 0 aliphatic carbocycles. The van der Waals surface area contributed by atoms with E-state index in [1.54, 1.807) is 13.2 Å². The predicted octanol–water partition coefficient (Wildman–Crippen LogP) is 0.985. The molecule has 2 aliphatic rings. The summed E-state index contributed by atoms with van der Waals surface area (Å²) in [5.41, 5.74) is 0.142. The molecule has 4 rings (SSSR count). The summed E-state index contributed by atoms with van der Waals surface area (Å²) >= 11 is 0. The second kappa shape index (κ2) is 5.33. The Morgan fingerprint density at radius 3 is 2.52 bits per heavy atom. The van der Waals surface area contributed by atoms with Crippen LogP contribution in [-0.2, 0) is 7.05 Å². The van der Waals surface area contributed by atoms with Gasteiger partial charge < -0.3 is 4.90 Å². The maximum absolute atomic E-state index is 12.8. The lowest BCUT2D eigenvalue weighted by atomic mass is 9.97. The van der Waals surface area contributed by atoms with E-state index in [-0.39, 0.29) is 23.6 Å². The summed E-state index contributed by atoms with van der Waals surface area (Å²) in [5, 5.41) is 8.46. The highest BCUT2D eigenvalue weighted by molar-refractivity contribution is 5.92. The molecule has 0 N–H and O–H groups in total. The molecule has 2 aromatic rings. The molecule has 0 saturated carbocycles. The van der Waals surface area contributed by atoms with Gasteiger partial charge in [0.2, 0.25) is 0 Å². The van der Waals surface area contributed by atoms with Gasteiger partial charge in [0, 0.05) is 37.6 Å². The third-order valence-electron chi connectivity index (χ3n) is 5.02. The zero-order valence-corrected chi connectivity index (χ0v) is 13.0. The van der Waals surface area contributed by atoms with E-state index in [1.165, 1.54) is 16.8 Å². The molecule has 2 fully saturated rings. The van der Waals surface area contributed by atoms with E-state index in [0.717, 1.165) is 25.7 Å². The number of hydrogen-bond donors (Lipinski definition) is 0. The molecule has 1 amide bonds. The summed E-state index contributed by atoms with van der Waals surface area (Å²) in [4.78, 5) is 26.3. The van der Waals surface area contributed by atoms with Crippen molar-refractivity contribution in [2.75, 3.05) is 0 Å². The topological polar surface area (TPSA) is 73.0 Å². The zero-order chi connectivity index (χ0) is 16.0. The van der Waals surface area contributed by atoms with Crippen LogP contribution >= 0.6 is 0 Å². The first-order valence-corrected chi connectivity index (χ1v) is 7.99. The smallest absolute Gasteiger partial charge is 0.274 e. The van der Waals surface area contributed by atoms with Gasteiger partial charge in [0.15, 0.2) is 0 Å². The second-order valence-corrected chi connectivity index (χ2v) is 6.39. The molecule has 2 bridgehead atoms. The lowest BCUT2D eigenvalue weighted by Crippen LogP contribution is -2.47. The Morgan fingerprint density at radius 1 is 1.17 bits per heavy atom. The third-order valence-corrected chi connectivity index (χ3v) is 5.02. The van der Waals surface area contributed by atoms with Crippen molar-refractivity contribution in [3.8, 4) is 0 Å². The fourth-order valence-corrected chi connectivity index (χ4v) is 3.94. The summed E-state index contributed by atoms with van der Waals surface area (Å²) in [6.45, 7) is 0. The number of carbonyl (C=O) groups is 1. The second-order valence-electron chi connectivity index (χ2n) is 6.39. The van der Waals surface area contributed by atoms with Crippen LogP contribution in [-0.4, -0.2) is 42.5 Å². The Balaban J connectivity index is 1.57. The predicted molar refractivity (Wildman–Crippen MR) is 83.0 cm³/mol. The first-order valence-electron chi connectivity index (χ1n) is 7.99. The van der Waals surface area contributed by atoms with Gasteiger partial charge in [0.25, 0.3) is 11.5 Å². The number of fused-ring (bicyclic) bond motifs is 2. The van der Waals surface area contributed by atoms with Crippen molar-refractivity contribution in [3.05, 3.63) is 46.6 Å². The van der Waals surface area contributed by atoms with Crippen molar-refractivity contribution in [2.24, 2.45) is 7.05 Å². The Bertz CT molecular complexity index is 768. The van der Waals surface area contributed by atoms with Gasteiger partial charge in [-0.3, -0.25) is 14.3 Å². The van der Waals surface area contributed by atoms with Gasteiger partial charge in [-0.05, 0) is 37.8 Å². The number of hydrogen-bond acceptors (Lipinski definition) is 4. The fraction of sp³-hybridized carbons (Fsp3) is 0.500. The van der Waals surface area contributed by atoms with Crippen LogP contribution in [0.1, 0.15) is 42.2 Å². The van der Waals surface area contributed by atoms with Gasteiger partial charge in [-0.15, -0.1) is 0 Å². The average molecular weight is 313 g/mol. The quantitative estimate of drug-likeness (QED) is 0.828. The molecule has 2 saturated heterocycles. The number of rotatable bonds is 2. The van der Waals surface area contributed by atoms with Crippen molar-refractivity contribution < 1.29 is 4.79 Å². The Labute approximate surface area is 133 Å². The number of aromatic nitrogens is 4. The number of nitrogens with zero attached hydrogens (tertiary/aromatic N) is 5. The van der Waals surface area contributed by atoms with Crippen molar-refractivity contribution in [1.82, 2.24) is 24.5 Å². The molecule has 0 spiro atoms. The molecule has 120 valence electrons. The van der Waals surface area contributed by atoms with Gasteiger partial charge in [0.05, 0.1) is 6.04 Å². The molecule has 23 heavy (non-hydrogen) atoms. The summed E-state index contributed by atoms with van der Waals surface area (Å²) < 4.78 is 3.23. The number of aryl methyl sites for hydroxylation is 1. The minimum absolute atomic E-state index is 0.0629. The maximum atomic E-state index is 12.8. The number of carbonyl (C=O) groups excluding carboxylic acids is 1. The Morgan fingerprint density at radius 2 is 1.91 bits per heavy atom.